The molecule has 2 rings (SSSR count). The predicted molar refractivity (Wildman–Crippen MR) is 71.3 cm³/mol. The largest absolute Gasteiger partial charge is 0.370 e. The minimum atomic E-state index is -2.09. The van der Waals surface area contributed by atoms with Gasteiger partial charge in [0.1, 0.15) is 0 Å². The lowest BCUT2D eigenvalue weighted by atomic mass is 10.1. The molecule has 2 aromatic rings. The molecule has 5 N–H and O–H groups in total. The van der Waals surface area contributed by atoms with Crippen LogP contribution in [0.25, 0.3) is 10.8 Å². The molecule has 0 saturated heterocycles. The zero-order chi connectivity index (χ0) is 13.3. The van der Waals surface area contributed by atoms with Gasteiger partial charge in [-0.2, -0.15) is 4.99 Å². The Hall–Kier alpha value is -1.70. The number of benzene rings is 1. The topological polar surface area (TPSA) is 115 Å². The number of nitrogens with two attached hydrogens (primary N) is 2. The van der Waals surface area contributed by atoms with Crippen LogP contribution in [0.3, 0.4) is 0 Å². The molecule has 0 amide bonds. The Kier molecular flexibility index (Phi) is 3.46. The minimum absolute atomic E-state index is 0.151. The van der Waals surface area contributed by atoms with Gasteiger partial charge >= 0.3 is 0 Å². The summed E-state index contributed by atoms with van der Waals surface area (Å²) in [5.41, 5.74) is 10.6. The number of guanidine groups is 1. The van der Waals surface area contributed by atoms with Crippen molar-refractivity contribution in [2.75, 3.05) is 0 Å². The Bertz CT molecular complexity index is 670. The number of aliphatic imine (C=N–C) groups is 1. The second kappa shape index (κ2) is 4.89. The molecule has 0 radical (unpaired) electrons. The maximum atomic E-state index is 11.0. The van der Waals surface area contributed by atoms with Crippen LogP contribution in [0.5, 0.6) is 0 Å². The van der Waals surface area contributed by atoms with E-state index in [9.17, 15) is 4.21 Å². The highest BCUT2D eigenvalue weighted by atomic mass is 35.5. The van der Waals surface area contributed by atoms with Crippen molar-refractivity contribution in [3.05, 3.63) is 29.4 Å². The Morgan fingerprint density at radius 2 is 2.11 bits per heavy atom. The zero-order valence-electron chi connectivity index (χ0n) is 9.00. The van der Waals surface area contributed by atoms with Gasteiger partial charge in [0.2, 0.25) is 0 Å². The maximum Gasteiger partial charge on any atom is 0.192 e. The third kappa shape index (κ3) is 2.42. The summed E-state index contributed by atoms with van der Waals surface area (Å²) in [4.78, 5) is 8.06. The molecule has 1 heterocycles. The van der Waals surface area contributed by atoms with Crippen LogP contribution in [0.15, 0.2) is 34.3 Å². The quantitative estimate of drug-likeness (QED) is 0.438. The first kappa shape index (κ1) is 12.7. The number of halogens is 1. The molecule has 1 atom stereocenters. The summed E-state index contributed by atoms with van der Waals surface area (Å²) >= 11 is 3.89. The number of hydrogen-bond acceptors (Lipinski definition) is 3. The number of nitrogens with zero attached hydrogens (tertiary/aromatic N) is 2. The van der Waals surface area contributed by atoms with E-state index in [1.54, 1.807) is 6.07 Å². The van der Waals surface area contributed by atoms with Crippen molar-refractivity contribution in [1.82, 2.24) is 4.98 Å². The van der Waals surface area contributed by atoms with Crippen molar-refractivity contribution in [3.8, 4) is 0 Å². The normalized spacial score (nSPS) is 12.3. The van der Waals surface area contributed by atoms with Gasteiger partial charge in [0.15, 0.2) is 22.9 Å². The van der Waals surface area contributed by atoms with E-state index in [0.717, 1.165) is 0 Å². The van der Waals surface area contributed by atoms with Crippen LogP contribution in [0.2, 0.25) is 5.02 Å². The van der Waals surface area contributed by atoms with Gasteiger partial charge in [-0.05, 0) is 12.1 Å². The van der Waals surface area contributed by atoms with E-state index in [-0.39, 0.29) is 16.7 Å². The summed E-state index contributed by atoms with van der Waals surface area (Å²) in [6, 6.07) is 4.60. The summed E-state index contributed by atoms with van der Waals surface area (Å²) in [6.45, 7) is 0. The molecule has 0 fully saturated rings. The van der Waals surface area contributed by atoms with Gasteiger partial charge in [-0.25, -0.2) is 9.19 Å². The van der Waals surface area contributed by atoms with Gasteiger partial charge in [-0.3, -0.25) is 0 Å². The number of hydrogen-bond donors (Lipinski definition) is 3. The molecule has 0 spiro atoms. The van der Waals surface area contributed by atoms with Crippen LogP contribution in [0.4, 0.5) is 5.82 Å². The van der Waals surface area contributed by atoms with Crippen LogP contribution >= 0.6 is 11.6 Å². The number of fused-ring (bicyclic) bond motifs is 1. The van der Waals surface area contributed by atoms with Gasteiger partial charge in [-0.1, -0.05) is 17.7 Å². The lowest BCUT2D eigenvalue weighted by Crippen LogP contribution is -2.22. The lowest BCUT2D eigenvalue weighted by molar-refractivity contribution is 0.564. The molecular formula is C10H9ClN4O2S. The first-order valence-corrected chi connectivity index (χ1v) is 6.26. The van der Waals surface area contributed by atoms with Gasteiger partial charge in [0.25, 0.3) is 0 Å². The Balaban J connectivity index is 2.79. The Labute approximate surface area is 110 Å². The monoisotopic (exact) mass is 284 g/mol. The minimum Gasteiger partial charge on any atom is -0.370 e. The van der Waals surface area contributed by atoms with Crippen LogP contribution in [-0.4, -0.2) is 19.7 Å². The first-order valence-electron chi connectivity index (χ1n) is 4.78. The van der Waals surface area contributed by atoms with Crippen LogP contribution in [0, 0.1) is 0 Å². The van der Waals surface area contributed by atoms with E-state index in [0.29, 0.717) is 15.8 Å². The maximum absolute atomic E-state index is 11.0. The highest BCUT2D eigenvalue weighted by Crippen LogP contribution is 2.30. The molecule has 1 aromatic carbocycles. The van der Waals surface area contributed by atoms with Crippen molar-refractivity contribution < 1.29 is 8.76 Å². The van der Waals surface area contributed by atoms with E-state index in [1.165, 1.54) is 18.3 Å². The molecule has 1 aromatic heterocycles. The molecule has 94 valence electrons. The van der Waals surface area contributed by atoms with Crippen LogP contribution in [-0.2, 0) is 11.1 Å². The van der Waals surface area contributed by atoms with Gasteiger partial charge < -0.3 is 16.0 Å². The molecule has 0 bridgehead atoms. The Morgan fingerprint density at radius 1 is 1.39 bits per heavy atom. The molecule has 18 heavy (non-hydrogen) atoms. The summed E-state index contributed by atoms with van der Waals surface area (Å²) in [7, 11) is 0. The summed E-state index contributed by atoms with van der Waals surface area (Å²) in [5.74, 6) is 0.100. The summed E-state index contributed by atoms with van der Waals surface area (Å²) in [6.07, 6.45) is 1.42. The number of rotatable bonds is 2. The van der Waals surface area contributed by atoms with Crippen molar-refractivity contribution >= 4 is 45.2 Å². The molecule has 0 aliphatic heterocycles. The highest BCUT2D eigenvalue weighted by Gasteiger charge is 2.09. The predicted octanol–water partition coefficient (Wildman–Crippen LogP) is 1.37. The van der Waals surface area contributed by atoms with E-state index in [1.807, 2.05) is 0 Å². The lowest BCUT2D eigenvalue weighted by Gasteiger charge is -2.05. The third-order valence-corrected chi connectivity index (χ3v) is 3.18. The number of pyridine rings is 1. The average Bonchev–Trinajstić information content (AvgIpc) is 2.32. The van der Waals surface area contributed by atoms with Gasteiger partial charge in [0.05, 0.1) is 9.92 Å². The molecule has 8 heteroatoms. The second-order valence-electron chi connectivity index (χ2n) is 3.42. The fraction of sp³-hybridized carbons (Fsp3) is 0. The SMILES string of the molecule is NC(N)=Nc1ncc(Cl)c2ccc(S(=O)O)cc12. The molecular weight excluding hydrogens is 276 g/mol. The highest BCUT2D eigenvalue weighted by molar-refractivity contribution is 7.79. The third-order valence-electron chi connectivity index (χ3n) is 2.23. The van der Waals surface area contributed by atoms with E-state index < -0.39 is 11.1 Å². The smallest absolute Gasteiger partial charge is 0.192 e. The molecule has 6 nitrogen and oxygen atoms in total. The van der Waals surface area contributed by atoms with Gasteiger partial charge in [-0.15, -0.1) is 0 Å². The standard InChI is InChI=1S/C10H9ClN4O2S/c11-8-4-14-9(15-10(12)13)7-3-5(18(16)17)1-2-6(7)8/h1-4H,(H,16,17)(H4,12,13,14,15). The molecule has 1 unspecified atom stereocenters. The average molecular weight is 285 g/mol. The van der Waals surface area contributed by atoms with Crippen LogP contribution in [0.1, 0.15) is 0 Å². The Morgan fingerprint density at radius 3 is 2.72 bits per heavy atom. The van der Waals surface area contributed by atoms with Gasteiger partial charge in [0, 0.05) is 17.0 Å². The first-order chi connectivity index (χ1) is 8.49. The van der Waals surface area contributed by atoms with Crippen LogP contribution < -0.4 is 11.5 Å². The molecule has 0 aliphatic carbocycles. The van der Waals surface area contributed by atoms with E-state index >= 15 is 0 Å². The molecule has 0 aliphatic rings. The fourth-order valence-electron chi connectivity index (χ4n) is 1.49. The second-order valence-corrected chi connectivity index (χ2v) is 4.80. The van der Waals surface area contributed by atoms with Crippen molar-refractivity contribution in [3.63, 3.8) is 0 Å². The van der Waals surface area contributed by atoms with Crippen molar-refractivity contribution in [2.24, 2.45) is 16.5 Å². The summed E-state index contributed by atoms with van der Waals surface area (Å²) < 4.78 is 20.1. The molecule has 0 saturated carbocycles. The van der Waals surface area contributed by atoms with Crippen molar-refractivity contribution in [1.29, 1.82) is 0 Å². The van der Waals surface area contributed by atoms with E-state index in [2.05, 4.69) is 9.98 Å². The van der Waals surface area contributed by atoms with E-state index in [4.69, 9.17) is 27.6 Å². The van der Waals surface area contributed by atoms with Crippen molar-refractivity contribution in [2.45, 2.75) is 4.90 Å². The number of aromatic nitrogens is 1. The summed E-state index contributed by atoms with van der Waals surface area (Å²) in [5, 5.41) is 1.58. The zero-order valence-corrected chi connectivity index (χ0v) is 10.6. The fourth-order valence-corrected chi connectivity index (χ4v) is 2.11.